The van der Waals surface area contributed by atoms with Crippen LogP contribution in [0.2, 0.25) is 0 Å². The molecule has 0 amide bonds. The van der Waals surface area contributed by atoms with E-state index in [1.165, 1.54) is 24.8 Å². The molecule has 27 heavy (non-hydrogen) atoms. The molecule has 0 heterocycles. The van der Waals surface area contributed by atoms with Crippen LogP contribution in [0.4, 0.5) is 5.69 Å². The Morgan fingerprint density at radius 2 is 1.70 bits per heavy atom. The van der Waals surface area contributed by atoms with Crippen LogP contribution < -0.4 is 4.90 Å². The average Bonchev–Trinajstić information content (AvgIpc) is 2.66. The zero-order chi connectivity index (χ0) is 19.9. The smallest absolute Gasteiger partial charge is 0.306 e. The predicted molar refractivity (Wildman–Crippen MR) is 117 cm³/mol. The van der Waals surface area contributed by atoms with E-state index in [2.05, 4.69) is 36.1 Å². The first kappa shape index (κ1) is 24.1. The first-order valence-electron chi connectivity index (χ1n) is 10.3. The minimum atomic E-state index is -0.0787. The van der Waals surface area contributed by atoms with Gasteiger partial charge in [-0.2, -0.15) is 0 Å². The number of esters is 1. The number of alkyl halides is 2. The number of nitrogens with zero attached hydrogens (tertiary/aromatic N) is 1. The summed E-state index contributed by atoms with van der Waals surface area (Å²) in [7, 11) is 0. The topological polar surface area (TPSA) is 29.5 Å². The van der Waals surface area contributed by atoms with Crippen molar-refractivity contribution in [1.82, 2.24) is 0 Å². The first-order chi connectivity index (χ1) is 13.1. The van der Waals surface area contributed by atoms with E-state index in [0.29, 0.717) is 18.2 Å². The van der Waals surface area contributed by atoms with Crippen LogP contribution in [0.25, 0.3) is 0 Å². The van der Waals surface area contributed by atoms with Gasteiger partial charge in [0.15, 0.2) is 0 Å². The van der Waals surface area contributed by atoms with Crippen molar-refractivity contribution in [2.24, 2.45) is 0 Å². The third-order valence-corrected chi connectivity index (χ3v) is 4.99. The summed E-state index contributed by atoms with van der Waals surface area (Å²) in [5.41, 5.74) is 2.37. The Morgan fingerprint density at radius 3 is 2.30 bits per heavy atom. The predicted octanol–water partition coefficient (Wildman–Crippen LogP) is 6.20. The lowest BCUT2D eigenvalue weighted by Crippen LogP contribution is -2.27. The monoisotopic (exact) mass is 415 g/mol. The summed E-state index contributed by atoms with van der Waals surface area (Å²) in [5, 5.41) is 0. The molecule has 3 nitrogen and oxygen atoms in total. The zero-order valence-corrected chi connectivity index (χ0v) is 18.4. The molecule has 1 rings (SSSR count). The van der Waals surface area contributed by atoms with E-state index in [1.807, 2.05) is 6.92 Å². The van der Waals surface area contributed by atoms with E-state index in [1.54, 1.807) is 0 Å². The molecule has 0 saturated carbocycles. The van der Waals surface area contributed by atoms with Crippen molar-refractivity contribution in [1.29, 1.82) is 0 Å². The van der Waals surface area contributed by atoms with Crippen LogP contribution in [-0.4, -0.2) is 36.9 Å². The second-order valence-corrected chi connectivity index (χ2v) is 7.79. The van der Waals surface area contributed by atoms with Crippen molar-refractivity contribution in [3.8, 4) is 0 Å². The Balaban J connectivity index is 2.29. The molecule has 0 N–H and O–H groups in total. The third kappa shape index (κ3) is 10.8. The van der Waals surface area contributed by atoms with Crippen LogP contribution >= 0.6 is 23.2 Å². The maximum Gasteiger partial charge on any atom is 0.306 e. The van der Waals surface area contributed by atoms with Gasteiger partial charge in [-0.3, -0.25) is 4.79 Å². The van der Waals surface area contributed by atoms with E-state index < -0.39 is 0 Å². The van der Waals surface area contributed by atoms with Crippen LogP contribution in [0.1, 0.15) is 64.4 Å². The molecular weight excluding hydrogens is 381 g/mol. The van der Waals surface area contributed by atoms with E-state index >= 15 is 0 Å². The van der Waals surface area contributed by atoms with Gasteiger partial charge in [-0.15, -0.1) is 23.2 Å². The lowest BCUT2D eigenvalue weighted by atomic mass is 10.1. The van der Waals surface area contributed by atoms with Gasteiger partial charge >= 0.3 is 5.97 Å². The minimum absolute atomic E-state index is 0.0310. The fraction of sp³-hybridized carbons (Fsp3) is 0.682. The molecule has 1 aromatic carbocycles. The summed E-state index contributed by atoms with van der Waals surface area (Å²) < 4.78 is 5.50. The van der Waals surface area contributed by atoms with Crippen LogP contribution in [-0.2, 0) is 16.0 Å². The van der Waals surface area contributed by atoms with Gasteiger partial charge in [0, 0.05) is 37.0 Å². The number of halogens is 2. The van der Waals surface area contributed by atoms with Crippen molar-refractivity contribution in [3.05, 3.63) is 29.8 Å². The minimum Gasteiger partial charge on any atom is -0.463 e. The van der Waals surface area contributed by atoms with Gasteiger partial charge in [0.05, 0.1) is 6.10 Å². The summed E-state index contributed by atoms with van der Waals surface area (Å²) in [6, 6.07) is 8.44. The Bertz CT molecular complexity index is 502. The van der Waals surface area contributed by atoms with E-state index in [-0.39, 0.29) is 12.1 Å². The SMILES string of the molecule is CCCCCCC(C)OC(=O)CCCc1ccc(N(CCCl)CCCl)cc1. The quantitative estimate of drug-likeness (QED) is 0.194. The molecule has 0 fully saturated rings. The van der Waals surface area contributed by atoms with Gasteiger partial charge < -0.3 is 9.64 Å². The highest BCUT2D eigenvalue weighted by Crippen LogP contribution is 2.17. The fourth-order valence-corrected chi connectivity index (χ4v) is 3.49. The molecule has 0 aliphatic heterocycles. The van der Waals surface area contributed by atoms with Crippen molar-refractivity contribution in [2.75, 3.05) is 29.7 Å². The molecule has 5 heteroatoms. The van der Waals surface area contributed by atoms with Crippen LogP contribution in [0, 0.1) is 0 Å². The van der Waals surface area contributed by atoms with Crippen LogP contribution in [0.3, 0.4) is 0 Å². The molecule has 154 valence electrons. The number of hydrogen-bond acceptors (Lipinski definition) is 3. The average molecular weight is 416 g/mol. The maximum atomic E-state index is 12.0. The Labute approximate surface area is 175 Å². The highest BCUT2D eigenvalue weighted by molar-refractivity contribution is 6.18. The van der Waals surface area contributed by atoms with Crippen molar-refractivity contribution in [2.45, 2.75) is 71.3 Å². The standard InChI is InChI=1S/C22H35Cl2NO2/c1-3-4-5-6-8-19(2)27-22(26)10-7-9-20-11-13-21(14-12-20)25(17-15-23)18-16-24/h11-14,19H,3-10,15-18H2,1-2H3. The molecule has 0 aliphatic rings. The zero-order valence-electron chi connectivity index (χ0n) is 16.9. The fourth-order valence-electron chi connectivity index (χ4n) is 3.09. The molecule has 0 aliphatic carbocycles. The molecule has 0 aromatic heterocycles. The number of rotatable bonds is 15. The van der Waals surface area contributed by atoms with Gasteiger partial charge in [0.2, 0.25) is 0 Å². The molecule has 0 spiro atoms. The number of hydrogen-bond donors (Lipinski definition) is 0. The number of carbonyl (C=O) groups excluding carboxylic acids is 1. The largest absolute Gasteiger partial charge is 0.463 e. The highest BCUT2D eigenvalue weighted by atomic mass is 35.5. The van der Waals surface area contributed by atoms with Crippen molar-refractivity contribution < 1.29 is 9.53 Å². The van der Waals surface area contributed by atoms with Gasteiger partial charge in [-0.1, -0.05) is 38.3 Å². The number of aryl methyl sites for hydroxylation is 1. The first-order valence-corrected chi connectivity index (χ1v) is 11.3. The van der Waals surface area contributed by atoms with Crippen LogP contribution in [0.15, 0.2) is 24.3 Å². The summed E-state index contributed by atoms with van der Waals surface area (Å²) in [4.78, 5) is 14.1. The van der Waals surface area contributed by atoms with Crippen molar-refractivity contribution >= 4 is 34.9 Å². The summed E-state index contributed by atoms with van der Waals surface area (Å²) in [6.45, 7) is 5.77. The van der Waals surface area contributed by atoms with E-state index in [9.17, 15) is 4.79 Å². The lowest BCUT2D eigenvalue weighted by Gasteiger charge is -2.23. The second-order valence-electron chi connectivity index (χ2n) is 7.03. The van der Waals surface area contributed by atoms with Gasteiger partial charge in [0.25, 0.3) is 0 Å². The summed E-state index contributed by atoms with van der Waals surface area (Å²) in [6.07, 6.45) is 8.02. The second kappa shape index (κ2) is 15.0. The molecule has 1 unspecified atom stereocenters. The number of unbranched alkanes of at least 4 members (excludes halogenated alkanes) is 3. The Kier molecular flexibility index (Phi) is 13.4. The maximum absolute atomic E-state index is 12.0. The normalized spacial score (nSPS) is 12.0. The Hall–Kier alpha value is -0.930. The van der Waals surface area contributed by atoms with Gasteiger partial charge in [-0.05, 0) is 50.3 Å². The molecule has 1 aromatic rings. The molecular formula is C22H35Cl2NO2. The third-order valence-electron chi connectivity index (χ3n) is 4.65. The van der Waals surface area contributed by atoms with Gasteiger partial charge in [0.1, 0.15) is 0 Å². The molecule has 0 saturated heterocycles. The van der Waals surface area contributed by atoms with Crippen molar-refractivity contribution in [3.63, 3.8) is 0 Å². The molecule has 0 radical (unpaired) electrons. The van der Waals surface area contributed by atoms with Gasteiger partial charge in [-0.25, -0.2) is 0 Å². The Morgan fingerprint density at radius 1 is 1.04 bits per heavy atom. The summed E-state index contributed by atoms with van der Waals surface area (Å²) in [5.74, 6) is 1.08. The summed E-state index contributed by atoms with van der Waals surface area (Å²) >= 11 is 11.7. The van der Waals surface area contributed by atoms with Crippen LogP contribution in [0.5, 0.6) is 0 Å². The lowest BCUT2D eigenvalue weighted by molar-refractivity contribution is -0.148. The number of carbonyl (C=O) groups is 1. The van der Waals surface area contributed by atoms with E-state index in [4.69, 9.17) is 27.9 Å². The number of anilines is 1. The highest BCUT2D eigenvalue weighted by Gasteiger charge is 2.10. The molecule has 0 bridgehead atoms. The van der Waals surface area contributed by atoms with E-state index in [0.717, 1.165) is 44.5 Å². The number of benzene rings is 1. The molecule has 1 atom stereocenters. The number of ether oxygens (including phenoxy) is 1.